The summed E-state index contributed by atoms with van der Waals surface area (Å²) in [7, 11) is -0.714. The number of para-hydroxylation sites is 1. The molecule has 33 heavy (non-hydrogen) atoms. The Labute approximate surface area is 192 Å². The smallest absolute Gasteiger partial charge is 0.266 e. The molecule has 2 aliphatic carbocycles. The number of hydrogen-bond donors (Lipinski definition) is 1. The van der Waals surface area contributed by atoms with Crippen molar-refractivity contribution < 1.29 is 22.4 Å². The molecule has 1 N–H and O–H groups in total. The highest BCUT2D eigenvalue weighted by atomic mass is 32.2. The number of nitrogens with one attached hydrogen (secondary N) is 1. The SMILES string of the molecule is COc1ccccc1S(=O)(=O)Nc1noc2c1CC1(CC1)c1ccc(N3CC(OC)C3)cc1-2. The molecule has 1 aromatic heterocycles. The van der Waals surface area contributed by atoms with E-state index in [0.29, 0.717) is 12.2 Å². The Balaban J connectivity index is 1.37. The molecule has 0 atom stereocenters. The summed E-state index contributed by atoms with van der Waals surface area (Å²) in [5, 5.41) is 4.15. The van der Waals surface area contributed by atoms with Crippen molar-refractivity contribution in [3.8, 4) is 17.1 Å². The molecule has 172 valence electrons. The Morgan fingerprint density at radius 1 is 1.15 bits per heavy atom. The topological polar surface area (TPSA) is 93.9 Å². The fourth-order valence-electron chi connectivity index (χ4n) is 5.00. The first kappa shape index (κ1) is 20.6. The molecule has 1 aliphatic heterocycles. The number of hydrogen-bond acceptors (Lipinski definition) is 7. The predicted octanol–water partition coefficient (Wildman–Crippen LogP) is 3.57. The van der Waals surface area contributed by atoms with Gasteiger partial charge >= 0.3 is 0 Å². The van der Waals surface area contributed by atoms with Crippen LogP contribution in [0.1, 0.15) is 24.0 Å². The van der Waals surface area contributed by atoms with Gasteiger partial charge in [0.05, 0.1) is 13.2 Å². The quantitative estimate of drug-likeness (QED) is 0.592. The lowest BCUT2D eigenvalue weighted by molar-refractivity contribution is 0.0788. The number of methoxy groups -OCH3 is 2. The van der Waals surface area contributed by atoms with E-state index in [1.54, 1.807) is 25.3 Å². The number of fused-ring (bicyclic) bond motifs is 4. The molecule has 0 radical (unpaired) electrons. The van der Waals surface area contributed by atoms with Crippen LogP contribution < -0.4 is 14.4 Å². The minimum atomic E-state index is -3.90. The van der Waals surface area contributed by atoms with Crippen molar-refractivity contribution in [3.05, 3.63) is 53.6 Å². The van der Waals surface area contributed by atoms with Gasteiger partial charge in [0.25, 0.3) is 10.0 Å². The van der Waals surface area contributed by atoms with E-state index < -0.39 is 10.0 Å². The van der Waals surface area contributed by atoms with Gasteiger partial charge in [-0.1, -0.05) is 23.4 Å². The standard InChI is InChI=1S/C24H25N3O5S/c1-30-16-13-27(14-16)15-7-8-19-17(11-15)22-18(12-24(19)9-10-24)23(25-32-22)26-33(28,29)21-6-4-3-5-20(21)31-2/h3-8,11,16H,9-10,12-14H2,1-2H3,(H,25,26). The monoisotopic (exact) mass is 467 g/mol. The Kier molecular flexibility index (Phi) is 4.50. The van der Waals surface area contributed by atoms with Crippen LogP contribution in [0.5, 0.6) is 5.75 Å². The summed E-state index contributed by atoms with van der Waals surface area (Å²) < 4.78 is 45.3. The summed E-state index contributed by atoms with van der Waals surface area (Å²) in [5.41, 5.74) is 4.22. The van der Waals surface area contributed by atoms with Crippen LogP contribution in [-0.2, 0) is 26.6 Å². The van der Waals surface area contributed by atoms with Crippen LogP contribution >= 0.6 is 0 Å². The highest BCUT2D eigenvalue weighted by molar-refractivity contribution is 7.92. The highest BCUT2D eigenvalue weighted by Gasteiger charge is 2.50. The van der Waals surface area contributed by atoms with Crippen LogP contribution in [0.4, 0.5) is 11.5 Å². The zero-order chi connectivity index (χ0) is 22.8. The molecule has 3 aromatic rings. The maximum absolute atomic E-state index is 13.1. The third-order valence-electron chi connectivity index (χ3n) is 7.11. The summed E-state index contributed by atoms with van der Waals surface area (Å²) in [6, 6.07) is 13.0. The van der Waals surface area contributed by atoms with Crippen molar-refractivity contribution >= 4 is 21.5 Å². The molecule has 0 unspecified atom stereocenters. The first-order valence-electron chi connectivity index (χ1n) is 11.0. The summed E-state index contributed by atoms with van der Waals surface area (Å²) >= 11 is 0. The molecular formula is C24H25N3O5S. The second-order valence-electron chi connectivity index (χ2n) is 9.04. The average Bonchev–Trinajstić information content (AvgIpc) is 3.46. The Morgan fingerprint density at radius 2 is 1.94 bits per heavy atom. The molecule has 2 heterocycles. The van der Waals surface area contributed by atoms with Crippen LogP contribution in [0.3, 0.4) is 0 Å². The minimum absolute atomic E-state index is 0.0288. The van der Waals surface area contributed by atoms with Gasteiger partial charge in [-0.05, 0) is 49.1 Å². The lowest BCUT2D eigenvalue weighted by atomic mass is 9.79. The first-order chi connectivity index (χ1) is 15.9. The fraction of sp³-hybridized carbons (Fsp3) is 0.375. The van der Waals surface area contributed by atoms with Gasteiger partial charge in [-0.25, -0.2) is 8.42 Å². The molecule has 0 bridgehead atoms. The Bertz CT molecular complexity index is 1340. The van der Waals surface area contributed by atoms with Gasteiger partial charge < -0.3 is 18.9 Å². The summed E-state index contributed by atoms with van der Waals surface area (Å²) in [5.74, 6) is 1.17. The molecule has 3 aliphatic rings. The number of nitrogens with zero attached hydrogens (tertiary/aromatic N) is 2. The zero-order valence-corrected chi connectivity index (χ0v) is 19.3. The van der Waals surface area contributed by atoms with E-state index in [0.717, 1.165) is 42.7 Å². The highest BCUT2D eigenvalue weighted by Crippen LogP contribution is 2.58. The molecule has 6 rings (SSSR count). The zero-order valence-electron chi connectivity index (χ0n) is 18.5. The van der Waals surface area contributed by atoms with Gasteiger partial charge in [0.2, 0.25) is 0 Å². The van der Waals surface area contributed by atoms with Crippen molar-refractivity contribution in [2.75, 3.05) is 36.9 Å². The maximum atomic E-state index is 13.1. The van der Waals surface area contributed by atoms with Crippen molar-refractivity contribution in [2.24, 2.45) is 0 Å². The Morgan fingerprint density at radius 3 is 2.67 bits per heavy atom. The van der Waals surface area contributed by atoms with Crippen LogP contribution in [0.25, 0.3) is 11.3 Å². The number of aromatic nitrogens is 1. The van der Waals surface area contributed by atoms with Crippen molar-refractivity contribution in [3.63, 3.8) is 0 Å². The lowest BCUT2D eigenvalue weighted by Crippen LogP contribution is -2.51. The van der Waals surface area contributed by atoms with Gasteiger partial charge in [0.1, 0.15) is 10.6 Å². The molecule has 0 amide bonds. The second kappa shape index (κ2) is 7.23. The average molecular weight is 468 g/mol. The van der Waals surface area contributed by atoms with E-state index in [4.69, 9.17) is 14.0 Å². The molecule has 1 saturated heterocycles. The van der Waals surface area contributed by atoms with E-state index in [9.17, 15) is 8.42 Å². The largest absolute Gasteiger partial charge is 0.495 e. The van der Waals surface area contributed by atoms with E-state index in [1.807, 2.05) is 0 Å². The predicted molar refractivity (Wildman–Crippen MR) is 123 cm³/mol. The summed E-state index contributed by atoms with van der Waals surface area (Å²) in [4.78, 5) is 2.33. The fourth-order valence-corrected chi connectivity index (χ4v) is 6.19. The molecule has 2 fully saturated rings. The number of ether oxygens (including phenoxy) is 2. The number of sulfonamides is 1. The minimum Gasteiger partial charge on any atom is -0.495 e. The van der Waals surface area contributed by atoms with Gasteiger partial charge in [-0.15, -0.1) is 0 Å². The molecule has 9 heteroatoms. The first-order valence-corrected chi connectivity index (χ1v) is 12.5. The van der Waals surface area contributed by atoms with Crippen LogP contribution in [0.15, 0.2) is 51.9 Å². The molecular weight excluding hydrogens is 442 g/mol. The van der Waals surface area contributed by atoms with Crippen LogP contribution in [0, 0.1) is 0 Å². The van der Waals surface area contributed by atoms with Crippen molar-refractivity contribution in [1.29, 1.82) is 0 Å². The maximum Gasteiger partial charge on any atom is 0.266 e. The normalized spacial score (nSPS) is 18.4. The lowest BCUT2D eigenvalue weighted by Gasteiger charge is -2.40. The number of rotatable bonds is 6. The van der Waals surface area contributed by atoms with Gasteiger partial charge in [-0.2, -0.15) is 0 Å². The summed E-state index contributed by atoms with van der Waals surface area (Å²) in [6.07, 6.45) is 3.10. The van der Waals surface area contributed by atoms with E-state index >= 15 is 0 Å². The van der Waals surface area contributed by atoms with Crippen molar-refractivity contribution in [1.82, 2.24) is 5.16 Å². The van der Waals surface area contributed by atoms with Gasteiger partial charge in [0, 0.05) is 42.4 Å². The third-order valence-corrected chi connectivity index (χ3v) is 8.49. The van der Waals surface area contributed by atoms with E-state index in [2.05, 4.69) is 33.0 Å². The molecule has 1 saturated carbocycles. The van der Waals surface area contributed by atoms with Crippen LogP contribution in [0.2, 0.25) is 0 Å². The molecule has 1 spiro atoms. The second-order valence-corrected chi connectivity index (χ2v) is 10.7. The third kappa shape index (κ3) is 3.21. The van der Waals surface area contributed by atoms with Crippen LogP contribution in [-0.4, -0.2) is 47.0 Å². The van der Waals surface area contributed by atoms with Crippen molar-refractivity contribution in [2.45, 2.75) is 35.7 Å². The van der Waals surface area contributed by atoms with Gasteiger partial charge in [-0.3, -0.25) is 4.72 Å². The summed E-state index contributed by atoms with van der Waals surface area (Å²) in [6.45, 7) is 1.71. The number of benzene rings is 2. The number of anilines is 2. The Hall–Kier alpha value is -3.04. The molecule has 8 nitrogen and oxygen atoms in total. The van der Waals surface area contributed by atoms with E-state index in [-0.39, 0.29) is 28.0 Å². The molecule has 2 aromatic carbocycles. The van der Waals surface area contributed by atoms with Gasteiger partial charge in [0.15, 0.2) is 11.6 Å². The van der Waals surface area contributed by atoms with E-state index in [1.165, 1.54) is 18.7 Å².